The first kappa shape index (κ1) is 10.2. The number of anilines is 1. The Labute approximate surface area is 89.9 Å². The number of benzene rings is 1. The molecule has 1 atom stereocenters. The summed E-state index contributed by atoms with van der Waals surface area (Å²) in [6.45, 7) is 2.78. The van der Waals surface area contributed by atoms with E-state index in [-0.39, 0.29) is 11.9 Å². The van der Waals surface area contributed by atoms with Crippen molar-refractivity contribution in [1.82, 2.24) is 0 Å². The second-order valence-corrected chi connectivity index (χ2v) is 4.03. The first-order valence-electron chi connectivity index (χ1n) is 5.34. The summed E-state index contributed by atoms with van der Waals surface area (Å²) in [6, 6.07) is 7.94. The van der Waals surface area contributed by atoms with Gasteiger partial charge >= 0.3 is 0 Å². The van der Waals surface area contributed by atoms with E-state index in [1.807, 2.05) is 36.1 Å². The molecular weight excluding hydrogens is 188 g/mol. The molecular formula is C12H16N2O. The number of carbonyl (C=O) groups excluding carboxylic acids is 1. The zero-order valence-electron chi connectivity index (χ0n) is 8.94. The zero-order valence-corrected chi connectivity index (χ0v) is 8.94. The second kappa shape index (κ2) is 4.03. The van der Waals surface area contributed by atoms with Gasteiger partial charge in [-0.1, -0.05) is 12.1 Å². The predicted molar refractivity (Wildman–Crippen MR) is 60.6 cm³/mol. The van der Waals surface area contributed by atoms with E-state index in [2.05, 4.69) is 0 Å². The lowest BCUT2D eigenvalue weighted by Gasteiger charge is -2.17. The fourth-order valence-electron chi connectivity index (χ4n) is 1.90. The fraction of sp³-hybridized carbons (Fsp3) is 0.417. The fourth-order valence-corrected chi connectivity index (χ4v) is 1.90. The highest BCUT2D eigenvalue weighted by molar-refractivity contribution is 5.95. The van der Waals surface area contributed by atoms with Crippen molar-refractivity contribution in [2.24, 2.45) is 5.73 Å². The second-order valence-electron chi connectivity index (χ2n) is 4.03. The summed E-state index contributed by atoms with van der Waals surface area (Å²) in [5.74, 6) is 0.219. The van der Waals surface area contributed by atoms with Gasteiger partial charge in [-0.05, 0) is 31.0 Å². The molecule has 15 heavy (non-hydrogen) atoms. The van der Waals surface area contributed by atoms with Crippen molar-refractivity contribution in [2.75, 3.05) is 11.4 Å². The lowest BCUT2D eigenvalue weighted by atomic mass is 10.1. The molecule has 3 nitrogen and oxygen atoms in total. The summed E-state index contributed by atoms with van der Waals surface area (Å²) in [5.41, 5.74) is 7.87. The van der Waals surface area contributed by atoms with E-state index in [9.17, 15) is 4.79 Å². The summed E-state index contributed by atoms with van der Waals surface area (Å²) in [5, 5.41) is 0. The molecule has 0 aromatic heterocycles. The van der Waals surface area contributed by atoms with Crippen molar-refractivity contribution in [1.29, 1.82) is 0 Å². The van der Waals surface area contributed by atoms with Crippen LogP contribution in [0.1, 0.15) is 31.4 Å². The van der Waals surface area contributed by atoms with Gasteiger partial charge in [0.15, 0.2) is 0 Å². The van der Waals surface area contributed by atoms with Crippen molar-refractivity contribution in [2.45, 2.75) is 25.8 Å². The Balaban J connectivity index is 2.28. The molecule has 1 aromatic carbocycles. The van der Waals surface area contributed by atoms with Crippen molar-refractivity contribution >= 4 is 11.6 Å². The normalized spacial score (nSPS) is 18.3. The maximum Gasteiger partial charge on any atom is 0.227 e. The highest BCUT2D eigenvalue weighted by Gasteiger charge is 2.21. The number of hydrogen-bond acceptors (Lipinski definition) is 2. The summed E-state index contributed by atoms with van der Waals surface area (Å²) in [4.78, 5) is 13.4. The molecule has 0 bridgehead atoms. The zero-order chi connectivity index (χ0) is 10.8. The summed E-state index contributed by atoms with van der Waals surface area (Å²) >= 11 is 0. The average molecular weight is 204 g/mol. The minimum Gasteiger partial charge on any atom is -0.324 e. The summed E-state index contributed by atoms with van der Waals surface area (Å²) in [6.07, 6.45) is 1.63. The van der Waals surface area contributed by atoms with Crippen LogP contribution in [-0.2, 0) is 4.79 Å². The molecule has 0 radical (unpaired) electrons. The molecule has 0 saturated carbocycles. The summed E-state index contributed by atoms with van der Waals surface area (Å²) in [7, 11) is 0. The van der Waals surface area contributed by atoms with Gasteiger partial charge in [0.25, 0.3) is 0 Å². The van der Waals surface area contributed by atoms with E-state index in [0.29, 0.717) is 6.42 Å². The number of hydrogen-bond donors (Lipinski definition) is 1. The number of carbonyl (C=O) groups is 1. The van der Waals surface area contributed by atoms with Gasteiger partial charge < -0.3 is 10.6 Å². The Morgan fingerprint density at radius 2 is 2.27 bits per heavy atom. The first-order valence-corrected chi connectivity index (χ1v) is 5.34. The van der Waals surface area contributed by atoms with Gasteiger partial charge in [0.05, 0.1) is 0 Å². The Morgan fingerprint density at radius 1 is 1.47 bits per heavy atom. The molecule has 1 aliphatic heterocycles. The Hall–Kier alpha value is -1.35. The van der Waals surface area contributed by atoms with Gasteiger partial charge in [0.2, 0.25) is 5.91 Å². The van der Waals surface area contributed by atoms with Crippen molar-refractivity contribution in [3.05, 3.63) is 29.8 Å². The van der Waals surface area contributed by atoms with Gasteiger partial charge in [-0.15, -0.1) is 0 Å². The molecule has 0 aliphatic carbocycles. The Kier molecular flexibility index (Phi) is 2.73. The molecule has 80 valence electrons. The van der Waals surface area contributed by atoms with Crippen LogP contribution in [0.3, 0.4) is 0 Å². The molecule has 3 heteroatoms. The van der Waals surface area contributed by atoms with Crippen LogP contribution in [0, 0.1) is 0 Å². The van der Waals surface area contributed by atoms with Crippen LogP contribution >= 0.6 is 0 Å². The molecule has 0 unspecified atom stereocenters. The Bertz CT molecular complexity index is 374. The lowest BCUT2D eigenvalue weighted by Crippen LogP contribution is -2.23. The van der Waals surface area contributed by atoms with Gasteiger partial charge in [0.1, 0.15) is 0 Å². The van der Waals surface area contributed by atoms with Gasteiger partial charge in [-0.3, -0.25) is 4.79 Å². The van der Waals surface area contributed by atoms with Crippen LogP contribution in [0.2, 0.25) is 0 Å². The molecule has 1 saturated heterocycles. The van der Waals surface area contributed by atoms with Crippen LogP contribution in [0.25, 0.3) is 0 Å². The molecule has 2 rings (SSSR count). The van der Waals surface area contributed by atoms with Crippen molar-refractivity contribution < 1.29 is 4.79 Å². The van der Waals surface area contributed by atoms with Crippen LogP contribution in [0.15, 0.2) is 24.3 Å². The quantitative estimate of drug-likeness (QED) is 0.799. The van der Waals surface area contributed by atoms with E-state index in [0.717, 1.165) is 24.2 Å². The molecule has 1 fully saturated rings. The van der Waals surface area contributed by atoms with E-state index < -0.39 is 0 Å². The predicted octanol–water partition coefficient (Wildman–Crippen LogP) is 1.83. The number of amides is 1. The standard InChI is InChI=1S/C12H16N2O/c1-9(13)10-4-2-5-11(8-10)14-7-3-6-12(14)15/h2,4-5,8-9H,3,6-7,13H2,1H3/t9-/m1/s1. The van der Waals surface area contributed by atoms with E-state index in [1.165, 1.54) is 0 Å². The van der Waals surface area contributed by atoms with E-state index in [1.54, 1.807) is 0 Å². The van der Waals surface area contributed by atoms with Gasteiger partial charge in [-0.25, -0.2) is 0 Å². The Morgan fingerprint density at radius 3 is 2.87 bits per heavy atom. The molecule has 2 N–H and O–H groups in total. The van der Waals surface area contributed by atoms with E-state index >= 15 is 0 Å². The third kappa shape index (κ3) is 2.02. The third-order valence-corrected chi connectivity index (χ3v) is 2.78. The smallest absolute Gasteiger partial charge is 0.227 e. The van der Waals surface area contributed by atoms with Gasteiger partial charge in [0, 0.05) is 24.7 Å². The molecule has 1 heterocycles. The SMILES string of the molecule is C[C@@H](N)c1cccc(N2CCCC2=O)c1. The van der Waals surface area contributed by atoms with E-state index in [4.69, 9.17) is 5.73 Å². The molecule has 0 spiro atoms. The highest BCUT2D eigenvalue weighted by atomic mass is 16.2. The monoisotopic (exact) mass is 204 g/mol. The molecule has 1 aromatic rings. The topological polar surface area (TPSA) is 46.3 Å². The van der Waals surface area contributed by atoms with Crippen LogP contribution in [0.4, 0.5) is 5.69 Å². The lowest BCUT2D eigenvalue weighted by molar-refractivity contribution is -0.117. The van der Waals surface area contributed by atoms with Crippen LogP contribution < -0.4 is 10.6 Å². The number of nitrogens with two attached hydrogens (primary N) is 1. The van der Waals surface area contributed by atoms with Crippen LogP contribution in [-0.4, -0.2) is 12.5 Å². The highest BCUT2D eigenvalue weighted by Crippen LogP contribution is 2.23. The molecule has 1 amide bonds. The number of rotatable bonds is 2. The maximum atomic E-state index is 11.6. The number of nitrogens with zero attached hydrogens (tertiary/aromatic N) is 1. The van der Waals surface area contributed by atoms with Crippen LogP contribution in [0.5, 0.6) is 0 Å². The van der Waals surface area contributed by atoms with Gasteiger partial charge in [-0.2, -0.15) is 0 Å². The van der Waals surface area contributed by atoms with Crippen molar-refractivity contribution in [3.63, 3.8) is 0 Å². The maximum absolute atomic E-state index is 11.6. The average Bonchev–Trinajstić information content (AvgIpc) is 2.64. The third-order valence-electron chi connectivity index (χ3n) is 2.78. The minimum absolute atomic E-state index is 0.0163. The first-order chi connectivity index (χ1) is 7.18. The largest absolute Gasteiger partial charge is 0.324 e. The van der Waals surface area contributed by atoms with Crippen molar-refractivity contribution in [3.8, 4) is 0 Å². The molecule has 1 aliphatic rings. The summed E-state index contributed by atoms with van der Waals surface area (Å²) < 4.78 is 0. The minimum atomic E-state index is 0.0163.